The number of anilines is 1. The van der Waals surface area contributed by atoms with Gasteiger partial charge in [0.1, 0.15) is 18.3 Å². The van der Waals surface area contributed by atoms with Crippen LogP contribution in [0, 0.1) is 16.2 Å². The Morgan fingerprint density at radius 1 is 1.17 bits per heavy atom. The summed E-state index contributed by atoms with van der Waals surface area (Å²) in [5.74, 6) is 0.0784. The van der Waals surface area contributed by atoms with Crippen molar-refractivity contribution in [3.8, 4) is 17.6 Å². The maximum absolute atomic E-state index is 13.2. The van der Waals surface area contributed by atoms with Crippen molar-refractivity contribution >= 4 is 11.8 Å². The van der Waals surface area contributed by atoms with Crippen molar-refractivity contribution < 1.29 is 32.2 Å². The zero-order valence-electron chi connectivity index (χ0n) is 24.4. The van der Waals surface area contributed by atoms with Crippen LogP contribution in [0.2, 0.25) is 0 Å². The maximum atomic E-state index is 13.2. The Kier molecular flexibility index (Phi) is 11.0. The van der Waals surface area contributed by atoms with Gasteiger partial charge in [-0.15, -0.1) is 0 Å². The SMILES string of the molecule is CC(Cc1cc(C#N)c2c(c1)CCN2CCCN=O)N(CCOc1ccccc1OCC(F)(F)F)C(=O)OC(C)(C)C. The van der Waals surface area contributed by atoms with E-state index in [2.05, 4.69) is 16.1 Å². The predicted octanol–water partition coefficient (Wildman–Crippen LogP) is 6.27. The van der Waals surface area contributed by atoms with Gasteiger partial charge >= 0.3 is 12.3 Å². The molecule has 12 heteroatoms. The summed E-state index contributed by atoms with van der Waals surface area (Å²) in [4.78, 5) is 27.3. The van der Waals surface area contributed by atoms with Gasteiger partial charge in [-0.1, -0.05) is 23.4 Å². The summed E-state index contributed by atoms with van der Waals surface area (Å²) in [5.41, 5.74) is 2.59. The Bertz CT molecular complexity index is 1270. The van der Waals surface area contributed by atoms with E-state index in [1.54, 1.807) is 32.9 Å². The van der Waals surface area contributed by atoms with Gasteiger partial charge in [-0.25, -0.2) is 4.79 Å². The van der Waals surface area contributed by atoms with Gasteiger partial charge in [0.05, 0.1) is 24.3 Å². The number of para-hydroxylation sites is 2. The number of hydrogen-bond acceptors (Lipinski definition) is 8. The second-order valence-electron chi connectivity index (χ2n) is 11.1. The van der Waals surface area contributed by atoms with Gasteiger partial charge < -0.3 is 24.0 Å². The molecule has 0 aromatic heterocycles. The van der Waals surface area contributed by atoms with E-state index < -0.39 is 24.5 Å². The highest BCUT2D eigenvalue weighted by molar-refractivity contribution is 5.70. The lowest BCUT2D eigenvalue weighted by Crippen LogP contribution is -2.45. The number of hydrogen-bond donors (Lipinski definition) is 0. The standard InChI is InChI=1S/C30H37F3N4O5/c1-21(16-22-17-23-10-13-36(12-7-11-35-39)27(23)24(18-22)19-34)37(28(38)42-29(2,3)4)14-15-40-25-8-5-6-9-26(25)41-20-30(31,32)33/h5-6,8-9,17-18,21H,7,10-16,20H2,1-4H3. The van der Waals surface area contributed by atoms with E-state index >= 15 is 0 Å². The minimum absolute atomic E-state index is 0.0196. The lowest BCUT2D eigenvalue weighted by atomic mass is 9.98. The largest absolute Gasteiger partial charge is 0.488 e. The summed E-state index contributed by atoms with van der Waals surface area (Å²) in [6.07, 6.45) is -3.25. The molecule has 0 saturated heterocycles. The molecule has 0 spiro atoms. The van der Waals surface area contributed by atoms with Crippen LogP contribution < -0.4 is 14.4 Å². The molecule has 9 nitrogen and oxygen atoms in total. The zero-order valence-corrected chi connectivity index (χ0v) is 24.4. The maximum Gasteiger partial charge on any atom is 0.422 e. The Balaban J connectivity index is 1.74. The Morgan fingerprint density at radius 3 is 2.48 bits per heavy atom. The minimum atomic E-state index is -4.49. The molecule has 2 aromatic carbocycles. The van der Waals surface area contributed by atoms with Crippen molar-refractivity contribution in [2.24, 2.45) is 5.18 Å². The van der Waals surface area contributed by atoms with E-state index in [-0.39, 0.29) is 37.2 Å². The number of benzene rings is 2. The average molecular weight is 591 g/mol. The van der Waals surface area contributed by atoms with Crippen LogP contribution in [-0.4, -0.2) is 68.2 Å². The van der Waals surface area contributed by atoms with Crippen LogP contribution in [0.3, 0.4) is 0 Å². The molecule has 0 fully saturated rings. The summed E-state index contributed by atoms with van der Waals surface area (Å²) in [6.45, 7) is 7.37. The molecule has 0 N–H and O–H groups in total. The first-order valence-electron chi connectivity index (χ1n) is 13.8. The molecule has 1 aliphatic rings. The highest BCUT2D eigenvalue weighted by Crippen LogP contribution is 2.34. The number of alkyl halides is 3. The monoisotopic (exact) mass is 590 g/mol. The normalized spacial score (nSPS) is 13.6. The highest BCUT2D eigenvalue weighted by Gasteiger charge is 2.30. The van der Waals surface area contributed by atoms with Crippen molar-refractivity contribution in [2.45, 2.75) is 64.8 Å². The second kappa shape index (κ2) is 14.2. The van der Waals surface area contributed by atoms with E-state index in [0.29, 0.717) is 24.9 Å². The smallest absolute Gasteiger partial charge is 0.422 e. The third-order valence-corrected chi connectivity index (χ3v) is 6.54. The Hall–Kier alpha value is -4.01. The fraction of sp³-hybridized carbons (Fsp3) is 0.533. The van der Waals surface area contributed by atoms with E-state index in [9.17, 15) is 28.1 Å². The molecule has 1 heterocycles. The second-order valence-corrected chi connectivity index (χ2v) is 11.1. The van der Waals surface area contributed by atoms with Crippen LogP contribution in [0.4, 0.5) is 23.7 Å². The first-order chi connectivity index (χ1) is 19.8. The average Bonchev–Trinajstić information content (AvgIpc) is 3.31. The lowest BCUT2D eigenvalue weighted by molar-refractivity contribution is -0.153. The molecule has 1 aliphatic heterocycles. The first-order valence-corrected chi connectivity index (χ1v) is 13.8. The topological polar surface area (TPSA) is 104 Å². The molecular formula is C30H37F3N4O5. The molecule has 2 aromatic rings. The van der Waals surface area contributed by atoms with Crippen LogP contribution in [0.25, 0.3) is 0 Å². The van der Waals surface area contributed by atoms with Gasteiger partial charge in [0.25, 0.3) is 0 Å². The van der Waals surface area contributed by atoms with Gasteiger partial charge in [0.15, 0.2) is 18.1 Å². The van der Waals surface area contributed by atoms with E-state index in [1.165, 1.54) is 17.0 Å². The van der Waals surface area contributed by atoms with E-state index in [0.717, 1.165) is 29.8 Å². The van der Waals surface area contributed by atoms with Crippen LogP contribution in [0.5, 0.6) is 11.5 Å². The number of ether oxygens (including phenoxy) is 3. The van der Waals surface area contributed by atoms with Crippen molar-refractivity contribution in [1.82, 2.24) is 4.90 Å². The number of nitrogens with zero attached hydrogens (tertiary/aromatic N) is 4. The third-order valence-electron chi connectivity index (χ3n) is 6.54. The molecule has 0 bridgehead atoms. The van der Waals surface area contributed by atoms with Crippen molar-refractivity contribution in [3.63, 3.8) is 0 Å². The molecule has 3 rings (SSSR count). The zero-order chi connectivity index (χ0) is 30.9. The van der Waals surface area contributed by atoms with Gasteiger partial charge in [0, 0.05) is 19.1 Å². The summed E-state index contributed by atoms with van der Waals surface area (Å²) in [6, 6.07) is 11.8. The van der Waals surface area contributed by atoms with Crippen molar-refractivity contribution in [1.29, 1.82) is 5.26 Å². The molecule has 1 atom stereocenters. The number of nitroso groups, excluding NO2 is 1. The number of carbonyl (C=O) groups is 1. The number of fused-ring (bicyclic) bond motifs is 1. The fourth-order valence-corrected chi connectivity index (χ4v) is 4.81. The number of amides is 1. The van der Waals surface area contributed by atoms with Gasteiger partial charge in [-0.05, 0) is 76.3 Å². The van der Waals surface area contributed by atoms with Gasteiger partial charge in [-0.3, -0.25) is 0 Å². The number of carbonyl (C=O) groups excluding carboxylic acids is 1. The summed E-state index contributed by atoms with van der Waals surface area (Å²) >= 11 is 0. The fourth-order valence-electron chi connectivity index (χ4n) is 4.81. The van der Waals surface area contributed by atoms with Gasteiger partial charge in [-0.2, -0.15) is 23.3 Å². The van der Waals surface area contributed by atoms with Crippen molar-refractivity contribution in [2.75, 3.05) is 44.3 Å². The quantitative estimate of drug-likeness (QED) is 0.200. The van der Waals surface area contributed by atoms with E-state index in [1.807, 2.05) is 19.1 Å². The summed E-state index contributed by atoms with van der Waals surface area (Å²) in [5, 5.41) is 12.8. The minimum Gasteiger partial charge on any atom is -0.488 e. The molecule has 0 aliphatic carbocycles. The predicted molar refractivity (Wildman–Crippen MR) is 152 cm³/mol. The summed E-state index contributed by atoms with van der Waals surface area (Å²) < 4.78 is 54.3. The number of halogens is 3. The molecule has 42 heavy (non-hydrogen) atoms. The van der Waals surface area contributed by atoms with Crippen LogP contribution in [0.15, 0.2) is 41.6 Å². The summed E-state index contributed by atoms with van der Waals surface area (Å²) in [7, 11) is 0. The molecule has 1 amide bonds. The van der Waals surface area contributed by atoms with Crippen LogP contribution in [0.1, 0.15) is 50.8 Å². The molecule has 228 valence electrons. The van der Waals surface area contributed by atoms with E-state index in [4.69, 9.17) is 14.2 Å². The number of nitriles is 1. The van der Waals surface area contributed by atoms with Gasteiger partial charge in [0.2, 0.25) is 0 Å². The molecule has 0 saturated carbocycles. The lowest BCUT2D eigenvalue weighted by Gasteiger charge is -2.32. The molecule has 0 radical (unpaired) electrons. The Morgan fingerprint density at radius 2 is 1.86 bits per heavy atom. The Labute approximate surface area is 244 Å². The van der Waals surface area contributed by atoms with Crippen LogP contribution in [-0.2, 0) is 17.6 Å². The first kappa shape index (κ1) is 32.5. The highest BCUT2D eigenvalue weighted by atomic mass is 19.4. The molecule has 1 unspecified atom stereocenters. The van der Waals surface area contributed by atoms with Crippen molar-refractivity contribution in [3.05, 3.63) is 58.0 Å². The molecular weight excluding hydrogens is 553 g/mol. The third kappa shape index (κ3) is 9.53. The number of rotatable bonds is 13. The van der Waals surface area contributed by atoms with Crippen LogP contribution >= 0.6 is 0 Å².